The molecular formula is C23H41N5O3. The first-order chi connectivity index (χ1) is 15.1. The van der Waals surface area contributed by atoms with Gasteiger partial charge in [0.15, 0.2) is 0 Å². The summed E-state index contributed by atoms with van der Waals surface area (Å²) in [5.74, 6) is -0.117. The van der Waals surface area contributed by atoms with E-state index in [4.69, 9.17) is 5.73 Å². The number of carbonyl (C=O) groups excluding carboxylic acids is 2. The number of nitrogens with one attached hydrogen (secondary N) is 4. The fraction of sp³-hybridized carbons (Fsp3) is 0.652. The number of hydrogen-bond donors (Lipinski definition) is 6. The molecule has 1 aromatic carbocycles. The zero-order valence-corrected chi connectivity index (χ0v) is 18.9. The number of aromatic hydroxyl groups is 1. The predicted molar refractivity (Wildman–Crippen MR) is 125 cm³/mol. The molecule has 0 fully saturated rings. The third-order valence-electron chi connectivity index (χ3n) is 4.85. The number of rotatable bonds is 18. The first kappa shape index (κ1) is 26.9. The minimum absolute atomic E-state index is 0.122. The first-order valence-electron chi connectivity index (χ1n) is 11.5. The lowest BCUT2D eigenvalue weighted by molar-refractivity contribution is -0.129. The predicted octanol–water partition coefficient (Wildman–Crippen LogP) is 1.03. The minimum Gasteiger partial charge on any atom is -0.508 e. The van der Waals surface area contributed by atoms with Crippen LogP contribution < -0.4 is 27.0 Å². The van der Waals surface area contributed by atoms with Crippen LogP contribution in [0.15, 0.2) is 24.3 Å². The summed E-state index contributed by atoms with van der Waals surface area (Å²) in [5.41, 5.74) is 6.34. The van der Waals surface area contributed by atoms with Gasteiger partial charge in [-0.2, -0.15) is 0 Å². The Labute approximate surface area is 186 Å². The quantitative estimate of drug-likeness (QED) is 0.191. The van der Waals surface area contributed by atoms with Crippen LogP contribution in [-0.2, 0) is 16.0 Å². The lowest BCUT2D eigenvalue weighted by Crippen LogP contribution is -2.48. The lowest BCUT2D eigenvalue weighted by Gasteiger charge is -2.19. The number of phenolic OH excluding ortho intramolecular Hbond substituents is 1. The third-order valence-corrected chi connectivity index (χ3v) is 4.85. The van der Waals surface area contributed by atoms with E-state index in [-0.39, 0.29) is 17.6 Å². The minimum atomic E-state index is -0.617. The molecule has 1 rings (SSSR count). The molecule has 176 valence electrons. The lowest BCUT2D eigenvalue weighted by atomic mass is 10.0. The van der Waals surface area contributed by atoms with Gasteiger partial charge in [0, 0.05) is 19.4 Å². The molecular weight excluding hydrogens is 394 g/mol. The van der Waals surface area contributed by atoms with E-state index in [9.17, 15) is 14.7 Å². The Hall–Kier alpha value is -2.16. The molecule has 8 heteroatoms. The van der Waals surface area contributed by atoms with Crippen molar-refractivity contribution < 1.29 is 14.7 Å². The van der Waals surface area contributed by atoms with Crippen LogP contribution >= 0.6 is 0 Å². The average molecular weight is 436 g/mol. The van der Waals surface area contributed by atoms with Gasteiger partial charge in [-0.3, -0.25) is 9.59 Å². The van der Waals surface area contributed by atoms with E-state index in [0.29, 0.717) is 19.4 Å². The molecule has 7 N–H and O–H groups in total. The van der Waals surface area contributed by atoms with Crippen molar-refractivity contribution in [2.24, 2.45) is 5.73 Å². The van der Waals surface area contributed by atoms with Crippen molar-refractivity contribution in [3.05, 3.63) is 29.8 Å². The van der Waals surface area contributed by atoms with Gasteiger partial charge in [0.05, 0.1) is 0 Å². The van der Waals surface area contributed by atoms with E-state index in [2.05, 4.69) is 21.3 Å². The summed E-state index contributed by atoms with van der Waals surface area (Å²) in [4.78, 5) is 24.7. The monoisotopic (exact) mass is 435 g/mol. The number of amides is 2. The molecule has 0 aliphatic rings. The van der Waals surface area contributed by atoms with Gasteiger partial charge in [-0.05, 0) is 82.5 Å². The molecule has 0 saturated carbocycles. The summed E-state index contributed by atoms with van der Waals surface area (Å²) in [7, 11) is 0. The second-order valence-corrected chi connectivity index (χ2v) is 7.73. The van der Waals surface area contributed by atoms with Crippen LogP contribution in [0.2, 0.25) is 0 Å². The Kier molecular flexibility index (Phi) is 15.2. The maximum Gasteiger partial charge on any atom is 0.242 e. The summed E-state index contributed by atoms with van der Waals surface area (Å²) in [6, 6.07) is 6.08. The third kappa shape index (κ3) is 13.7. The van der Waals surface area contributed by atoms with E-state index in [1.165, 1.54) is 0 Å². The fourth-order valence-electron chi connectivity index (χ4n) is 3.10. The highest BCUT2D eigenvalue weighted by Crippen LogP contribution is 2.11. The molecule has 31 heavy (non-hydrogen) atoms. The molecule has 0 bridgehead atoms. The molecule has 0 heterocycles. The zero-order chi connectivity index (χ0) is 22.7. The SMILES string of the molecule is CCCC(=O)NC(Cc1ccc(O)cc1)C(=O)NCCCCNCCCNCCCN. The number of unbranched alkanes of at least 4 members (excludes halogenated alkanes) is 1. The molecule has 0 saturated heterocycles. The van der Waals surface area contributed by atoms with Gasteiger partial charge in [-0.15, -0.1) is 0 Å². The Morgan fingerprint density at radius 3 is 2.19 bits per heavy atom. The van der Waals surface area contributed by atoms with Crippen molar-refractivity contribution in [3.8, 4) is 5.75 Å². The number of carbonyl (C=O) groups is 2. The molecule has 1 atom stereocenters. The van der Waals surface area contributed by atoms with Crippen LogP contribution in [-0.4, -0.2) is 62.2 Å². The molecule has 0 spiro atoms. The summed E-state index contributed by atoms with van der Waals surface area (Å²) in [5, 5.41) is 22.0. The molecule has 1 aromatic rings. The van der Waals surface area contributed by atoms with E-state index < -0.39 is 6.04 Å². The molecule has 0 aliphatic carbocycles. The van der Waals surface area contributed by atoms with Gasteiger partial charge in [-0.1, -0.05) is 19.1 Å². The van der Waals surface area contributed by atoms with Gasteiger partial charge in [0.2, 0.25) is 11.8 Å². The first-order valence-corrected chi connectivity index (χ1v) is 11.5. The molecule has 1 unspecified atom stereocenters. The van der Waals surface area contributed by atoms with Gasteiger partial charge >= 0.3 is 0 Å². The van der Waals surface area contributed by atoms with Gasteiger partial charge < -0.3 is 32.1 Å². The molecule has 0 aromatic heterocycles. The van der Waals surface area contributed by atoms with Crippen molar-refractivity contribution in [1.29, 1.82) is 0 Å². The average Bonchev–Trinajstić information content (AvgIpc) is 2.75. The number of benzene rings is 1. The van der Waals surface area contributed by atoms with Crippen LogP contribution in [0, 0.1) is 0 Å². The highest BCUT2D eigenvalue weighted by Gasteiger charge is 2.20. The normalized spacial score (nSPS) is 11.8. The second kappa shape index (κ2) is 17.5. The Morgan fingerprint density at radius 2 is 1.55 bits per heavy atom. The van der Waals surface area contributed by atoms with Crippen molar-refractivity contribution >= 4 is 11.8 Å². The fourth-order valence-corrected chi connectivity index (χ4v) is 3.10. The van der Waals surface area contributed by atoms with Crippen molar-refractivity contribution in [1.82, 2.24) is 21.3 Å². The number of nitrogens with two attached hydrogens (primary N) is 1. The summed E-state index contributed by atoms with van der Waals surface area (Å²) in [6.07, 6.45) is 5.47. The van der Waals surface area contributed by atoms with Crippen molar-refractivity contribution in [2.45, 2.75) is 57.9 Å². The van der Waals surface area contributed by atoms with Crippen molar-refractivity contribution in [3.63, 3.8) is 0 Å². The van der Waals surface area contributed by atoms with Crippen LogP contribution in [0.25, 0.3) is 0 Å². The summed E-state index contributed by atoms with van der Waals surface area (Å²) >= 11 is 0. The number of hydrogen-bond acceptors (Lipinski definition) is 6. The highest BCUT2D eigenvalue weighted by atomic mass is 16.3. The van der Waals surface area contributed by atoms with Crippen LogP contribution in [0.5, 0.6) is 5.75 Å². The van der Waals surface area contributed by atoms with E-state index in [0.717, 1.165) is 70.4 Å². The van der Waals surface area contributed by atoms with Crippen LogP contribution in [0.1, 0.15) is 51.0 Å². The second-order valence-electron chi connectivity index (χ2n) is 7.73. The van der Waals surface area contributed by atoms with E-state index in [1.807, 2.05) is 6.92 Å². The largest absolute Gasteiger partial charge is 0.508 e. The topological polar surface area (TPSA) is 129 Å². The van der Waals surface area contributed by atoms with Crippen molar-refractivity contribution in [2.75, 3.05) is 39.3 Å². The van der Waals surface area contributed by atoms with E-state index in [1.54, 1.807) is 24.3 Å². The summed E-state index contributed by atoms with van der Waals surface area (Å²) < 4.78 is 0. The van der Waals surface area contributed by atoms with Crippen LogP contribution in [0.3, 0.4) is 0 Å². The Morgan fingerprint density at radius 1 is 0.935 bits per heavy atom. The zero-order valence-electron chi connectivity index (χ0n) is 18.9. The molecule has 0 aliphatic heterocycles. The van der Waals surface area contributed by atoms with Gasteiger partial charge in [0.1, 0.15) is 11.8 Å². The summed E-state index contributed by atoms with van der Waals surface area (Å²) in [6.45, 7) is 7.10. The molecule has 0 radical (unpaired) electrons. The molecule has 8 nitrogen and oxygen atoms in total. The molecule has 2 amide bonds. The Bertz CT molecular complexity index is 610. The smallest absolute Gasteiger partial charge is 0.242 e. The maximum atomic E-state index is 12.6. The van der Waals surface area contributed by atoms with Gasteiger partial charge in [0.25, 0.3) is 0 Å². The van der Waals surface area contributed by atoms with Crippen LogP contribution in [0.4, 0.5) is 0 Å². The van der Waals surface area contributed by atoms with Gasteiger partial charge in [-0.25, -0.2) is 0 Å². The van der Waals surface area contributed by atoms with E-state index >= 15 is 0 Å². The maximum absolute atomic E-state index is 12.6. The Balaban J connectivity index is 2.25. The number of phenols is 1. The standard InChI is InChI=1S/C23H41N5O3/c1-2-7-22(30)28-21(18-19-8-10-20(29)11-9-19)23(31)27-17-4-3-13-25-15-6-16-26-14-5-12-24/h8-11,21,25-26,29H,2-7,12-18,24H2,1H3,(H,27,31)(H,28,30). The highest BCUT2D eigenvalue weighted by molar-refractivity contribution is 5.87.